The highest BCUT2D eigenvalue weighted by molar-refractivity contribution is 7.09. The van der Waals surface area contributed by atoms with Gasteiger partial charge in [0.05, 0.1) is 6.54 Å². The lowest BCUT2D eigenvalue weighted by Crippen LogP contribution is -2.28. The molecule has 0 aliphatic heterocycles. The number of carbonyl (C=O) groups excluding carboxylic acids is 1. The number of hydrogen-bond donors (Lipinski definition) is 2. The van der Waals surface area contributed by atoms with E-state index in [1.165, 1.54) is 0 Å². The van der Waals surface area contributed by atoms with Gasteiger partial charge in [-0.2, -0.15) is 0 Å². The summed E-state index contributed by atoms with van der Waals surface area (Å²) >= 11 is 1.63. The molecule has 0 atom stereocenters. The molecule has 0 fully saturated rings. The number of carbonyl (C=O) groups is 1. The summed E-state index contributed by atoms with van der Waals surface area (Å²) in [6.07, 6.45) is 0. The number of para-hydroxylation sites is 1. The third-order valence-electron chi connectivity index (χ3n) is 2.40. The van der Waals surface area contributed by atoms with Gasteiger partial charge in [-0.3, -0.25) is 0 Å². The number of amides is 2. The topological polar surface area (TPSA) is 41.1 Å². The van der Waals surface area contributed by atoms with Gasteiger partial charge < -0.3 is 10.6 Å². The van der Waals surface area contributed by atoms with Gasteiger partial charge in [-0.05, 0) is 30.0 Å². The molecule has 17 heavy (non-hydrogen) atoms. The second-order valence-electron chi connectivity index (χ2n) is 3.70. The molecule has 1 aromatic carbocycles. The van der Waals surface area contributed by atoms with Crippen LogP contribution < -0.4 is 10.6 Å². The Kier molecular flexibility index (Phi) is 3.77. The minimum Gasteiger partial charge on any atom is -0.333 e. The molecule has 88 valence electrons. The SMILES string of the molecule is Cc1ccccc1NC(=O)NCc1cccs1. The monoisotopic (exact) mass is 246 g/mol. The highest BCUT2D eigenvalue weighted by Crippen LogP contribution is 2.13. The zero-order chi connectivity index (χ0) is 12.1. The largest absolute Gasteiger partial charge is 0.333 e. The normalized spacial score (nSPS) is 9.94. The van der Waals surface area contributed by atoms with Gasteiger partial charge in [0.1, 0.15) is 0 Å². The van der Waals surface area contributed by atoms with Crippen molar-refractivity contribution in [3.05, 3.63) is 52.2 Å². The van der Waals surface area contributed by atoms with E-state index < -0.39 is 0 Å². The smallest absolute Gasteiger partial charge is 0.319 e. The summed E-state index contributed by atoms with van der Waals surface area (Å²) in [5.41, 5.74) is 1.90. The molecule has 0 saturated carbocycles. The van der Waals surface area contributed by atoms with Gasteiger partial charge in [0.25, 0.3) is 0 Å². The van der Waals surface area contributed by atoms with Crippen LogP contribution in [-0.2, 0) is 6.54 Å². The van der Waals surface area contributed by atoms with E-state index in [9.17, 15) is 4.79 Å². The molecule has 1 heterocycles. The van der Waals surface area contributed by atoms with Gasteiger partial charge in [0.2, 0.25) is 0 Å². The molecular weight excluding hydrogens is 232 g/mol. The molecule has 0 spiro atoms. The number of urea groups is 1. The van der Waals surface area contributed by atoms with Crippen molar-refractivity contribution in [1.82, 2.24) is 5.32 Å². The fourth-order valence-electron chi connectivity index (χ4n) is 1.46. The summed E-state index contributed by atoms with van der Waals surface area (Å²) in [7, 11) is 0. The van der Waals surface area contributed by atoms with Crippen LogP contribution in [0.2, 0.25) is 0 Å². The highest BCUT2D eigenvalue weighted by atomic mass is 32.1. The van der Waals surface area contributed by atoms with Crippen LogP contribution in [-0.4, -0.2) is 6.03 Å². The van der Waals surface area contributed by atoms with Gasteiger partial charge in [-0.15, -0.1) is 11.3 Å². The van der Waals surface area contributed by atoms with E-state index in [-0.39, 0.29) is 6.03 Å². The van der Waals surface area contributed by atoms with Crippen LogP contribution in [0.5, 0.6) is 0 Å². The molecule has 3 nitrogen and oxygen atoms in total. The Morgan fingerprint density at radius 1 is 1.24 bits per heavy atom. The van der Waals surface area contributed by atoms with Crippen molar-refractivity contribution in [3.8, 4) is 0 Å². The Morgan fingerprint density at radius 2 is 2.06 bits per heavy atom. The van der Waals surface area contributed by atoms with Crippen LogP contribution in [0.25, 0.3) is 0 Å². The minimum absolute atomic E-state index is 0.173. The van der Waals surface area contributed by atoms with Crippen molar-refractivity contribution in [1.29, 1.82) is 0 Å². The van der Waals surface area contributed by atoms with Crippen molar-refractivity contribution in [2.24, 2.45) is 0 Å². The Labute approximate surface area is 104 Å². The minimum atomic E-state index is -0.173. The summed E-state index contributed by atoms with van der Waals surface area (Å²) in [6.45, 7) is 2.53. The molecule has 2 amide bonds. The molecule has 2 aromatic rings. The number of nitrogens with one attached hydrogen (secondary N) is 2. The van der Waals surface area contributed by atoms with E-state index in [4.69, 9.17) is 0 Å². The lowest BCUT2D eigenvalue weighted by molar-refractivity contribution is 0.252. The van der Waals surface area contributed by atoms with E-state index in [1.807, 2.05) is 48.7 Å². The van der Waals surface area contributed by atoms with Crippen LogP contribution in [0.15, 0.2) is 41.8 Å². The van der Waals surface area contributed by atoms with Crippen LogP contribution in [0.3, 0.4) is 0 Å². The molecule has 0 aliphatic carbocycles. The van der Waals surface area contributed by atoms with Gasteiger partial charge in [-0.25, -0.2) is 4.79 Å². The number of aryl methyl sites for hydroxylation is 1. The number of anilines is 1. The Balaban J connectivity index is 1.87. The molecule has 0 radical (unpaired) electrons. The number of hydrogen-bond acceptors (Lipinski definition) is 2. The van der Waals surface area contributed by atoms with Crippen LogP contribution in [0.1, 0.15) is 10.4 Å². The van der Waals surface area contributed by atoms with E-state index in [0.29, 0.717) is 6.54 Å². The van der Waals surface area contributed by atoms with E-state index >= 15 is 0 Å². The zero-order valence-electron chi connectivity index (χ0n) is 9.57. The first-order valence-corrected chi connectivity index (χ1v) is 6.26. The molecule has 0 saturated heterocycles. The first-order chi connectivity index (χ1) is 8.25. The van der Waals surface area contributed by atoms with Crippen molar-refractivity contribution >= 4 is 23.1 Å². The number of benzene rings is 1. The Hall–Kier alpha value is -1.81. The van der Waals surface area contributed by atoms with E-state index in [2.05, 4.69) is 10.6 Å². The molecule has 2 rings (SSSR count). The zero-order valence-corrected chi connectivity index (χ0v) is 10.4. The first-order valence-electron chi connectivity index (χ1n) is 5.38. The average Bonchev–Trinajstić information content (AvgIpc) is 2.82. The Morgan fingerprint density at radius 3 is 2.76 bits per heavy atom. The third kappa shape index (κ3) is 3.32. The fourth-order valence-corrected chi connectivity index (χ4v) is 2.10. The van der Waals surface area contributed by atoms with Crippen molar-refractivity contribution in [2.75, 3.05) is 5.32 Å². The molecule has 0 aliphatic rings. The number of rotatable bonds is 3. The Bertz CT molecular complexity index is 494. The third-order valence-corrected chi connectivity index (χ3v) is 3.27. The lowest BCUT2D eigenvalue weighted by Gasteiger charge is -2.08. The summed E-state index contributed by atoms with van der Waals surface area (Å²) < 4.78 is 0. The molecule has 0 bridgehead atoms. The molecular formula is C13H14N2OS. The van der Waals surface area contributed by atoms with Crippen molar-refractivity contribution < 1.29 is 4.79 Å². The molecule has 2 N–H and O–H groups in total. The average molecular weight is 246 g/mol. The van der Waals surface area contributed by atoms with Gasteiger partial charge >= 0.3 is 6.03 Å². The lowest BCUT2D eigenvalue weighted by atomic mass is 10.2. The highest BCUT2D eigenvalue weighted by Gasteiger charge is 2.03. The predicted octanol–water partition coefficient (Wildman–Crippen LogP) is 3.38. The van der Waals surface area contributed by atoms with Crippen molar-refractivity contribution in [2.45, 2.75) is 13.5 Å². The first kappa shape index (κ1) is 11.7. The van der Waals surface area contributed by atoms with Crippen LogP contribution >= 0.6 is 11.3 Å². The predicted molar refractivity (Wildman–Crippen MR) is 71.4 cm³/mol. The maximum absolute atomic E-state index is 11.6. The maximum Gasteiger partial charge on any atom is 0.319 e. The van der Waals surface area contributed by atoms with Gasteiger partial charge in [-0.1, -0.05) is 24.3 Å². The standard InChI is InChI=1S/C13H14N2OS/c1-10-5-2-3-7-12(10)15-13(16)14-9-11-6-4-8-17-11/h2-8H,9H2,1H3,(H2,14,15,16). The second kappa shape index (κ2) is 5.50. The number of thiophene rings is 1. The fraction of sp³-hybridized carbons (Fsp3) is 0.154. The molecule has 0 unspecified atom stereocenters. The van der Waals surface area contributed by atoms with Gasteiger partial charge in [0.15, 0.2) is 0 Å². The second-order valence-corrected chi connectivity index (χ2v) is 4.73. The van der Waals surface area contributed by atoms with E-state index in [1.54, 1.807) is 11.3 Å². The summed E-state index contributed by atoms with van der Waals surface area (Å²) in [6, 6.07) is 11.5. The molecule has 4 heteroatoms. The quantitative estimate of drug-likeness (QED) is 0.856. The summed E-state index contributed by atoms with van der Waals surface area (Å²) in [4.78, 5) is 12.8. The molecule has 1 aromatic heterocycles. The summed E-state index contributed by atoms with van der Waals surface area (Å²) in [5.74, 6) is 0. The summed E-state index contributed by atoms with van der Waals surface area (Å²) in [5, 5.41) is 7.64. The van der Waals surface area contributed by atoms with Crippen LogP contribution in [0.4, 0.5) is 10.5 Å². The maximum atomic E-state index is 11.6. The van der Waals surface area contributed by atoms with Crippen LogP contribution in [0, 0.1) is 6.92 Å². The van der Waals surface area contributed by atoms with Gasteiger partial charge in [0, 0.05) is 10.6 Å². The van der Waals surface area contributed by atoms with Crippen molar-refractivity contribution in [3.63, 3.8) is 0 Å². The van der Waals surface area contributed by atoms with E-state index in [0.717, 1.165) is 16.1 Å².